The van der Waals surface area contributed by atoms with Crippen LogP contribution in [-0.2, 0) is 4.74 Å². The van der Waals surface area contributed by atoms with Crippen molar-refractivity contribution < 1.29 is 4.74 Å². The minimum atomic E-state index is 0.141. The molecule has 0 bridgehead atoms. The van der Waals surface area contributed by atoms with Gasteiger partial charge in [0, 0.05) is 13.3 Å². The lowest BCUT2D eigenvalue weighted by molar-refractivity contribution is 0.233. The van der Waals surface area contributed by atoms with Gasteiger partial charge in [0.15, 0.2) is 0 Å². The van der Waals surface area contributed by atoms with E-state index in [1.165, 1.54) is 5.57 Å². The summed E-state index contributed by atoms with van der Waals surface area (Å²) in [4.78, 5) is 4.21. The van der Waals surface area contributed by atoms with Crippen LogP contribution < -0.4 is 0 Å². The summed E-state index contributed by atoms with van der Waals surface area (Å²) in [6.45, 7) is 8.51. The normalized spacial score (nSPS) is 14.2. The summed E-state index contributed by atoms with van der Waals surface area (Å²) in [7, 11) is 1.69. The van der Waals surface area contributed by atoms with E-state index in [2.05, 4.69) is 30.6 Å². The van der Waals surface area contributed by atoms with Crippen molar-refractivity contribution in [3.8, 4) is 0 Å². The number of allylic oxidation sites excluding steroid dienone is 4. The zero-order chi connectivity index (χ0) is 12.7. The van der Waals surface area contributed by atoms with Crippen molar-refractivity contribution in [3.63, 3.8) is 0 Å². The highest BCUT2D eigenvalue weighted by atomic mass is 16.5. The van der Waals surface area contributed by atoms with Crippen molar-refractivity contribution >= 4 is 0 Å². The Morgan fingerprint density at radius 1 is 1.65 bits per heavy atom. The maximum atomic E-state index is 4.99. The standard InChI is InChI=1S/C14H20N2O/c1-5-14(16-10-13(3)15-11-16)7-6-12(2)8-9-17-4/h5-8,10-11,14H,1,9H2,2-4H3. The summed E-state index contributed by atoms with van der Waals surface area (Å²) in [6.07, 6.45) is 11.9. The van der Waals surface area contributed by atoms with E-state index < -0.39 is 0 Å². The molecule has 0 saturated carbocycles. The van der Waals surface area contributed by atoms with Crippen LogP contribution in [0.25, 0.3) is 0 Å². The topological polar surface area (TPSA) is 27.1 Å². The number of ether oxygens (including phenoxy) is 1. The number of hydrogen-bond acceptors (Lipinski definition) is 2. The molecule has 0 aliphatic rings. The quantitative estimate of drug-likeness (QED) is 0.556. The third-order valence-corrected chi connectivity index (χ3v) is 2.44. The van der Waals surface area contributed by atoms with Gasteiger partial charge in [-0.05, 0) is 13.8 Å². The lowest BCUT2D eigenvalue weighted by atomic mass is 10.2. The molecule has 0 aliphatic carbocycles. The molecule has 3 nitrogen and oxygen atoms in total. The molecule has 0 spiro atoms. The average molecular weight is 232 g/mol. The Bertz CT molecular complexity index is 416. The SMILES string of the molecule is C=CC(C=CC(C)=CCOC)n1cnc(C)c1. The van der Waals surface area contributed by atoms with Gasteiger partial charge >= 0.3 is 0 Å². The molecule has 17 heavy (non-hydrogen) atoms. The first-order valence-corrected chi connectivity index (χ1v) is 5.64. The molecule has 3 heteroatoms. The molecule has 1 rings (SSSR count). The molecule has 0 N–H and O–H groups in total. The summed E-state index contributed by atoms with van der Waals surface area (Å²) in [5.41, 5.74) is 2.19. The predicted octanol–water partition coefficient (Wildman–Crippen LogP) is 3.07. The van der Waals surface area contributed by atoms with Crippen molar-refractivity contribution in [2.75, 3.05) is 13.7 Å². The lowest BCUT2D eigenvalue weighted by Gasteiger charge is -2.08. The van der Waals surface area contributed by atoms with E-state index in [9.17, 15) is 0 Å². The van der Waals surface area contributed by atoms with Gasteiger partial charge < -0.3 is 9.30 Å². The van der Waals surface area contributed by atoms with Gasteiger partial charge in [0.2, 0.25) is 0 Å². The number of nitrogens with zero attached hydrogens (tertiary/aromatic N) is 2. The number of rotatable bonds is 6. The fourth-order valence-corrected chi connectivity index (χ4v) is 1.44. The third-order valence-electron chi connectivity index (χ3n) is 2.44. The number of hydrogen-bond donors (Lipinski definition) is 0. The van der Waals surface area contributed by atoms with E-state index in [0.717, 1.165) is 5.69 Å². The summed E-state index contributed by atoms with van der Waals surface area (Å²) in [5.74, 6) is 0. The van der Waals surface area contributed by atoms with Gasteiger partial charge in [-0.1, -0.05) is 29.9 Å². The second kappa shape index (κ2) is 6.86. The fourth-order valence-electron chi connectivity index (χ4n) is 1.44. The molecule has 1 aromatic heterocycles. The Kier molecular flexibility index (Phi) is 5.43. The van der Waals surface area contributed by atoms with Crippen molar-refractivity contribution in [2.24, 2.45) is 0 Å². The fraction of sp³-hybridized carbons (Fsp3) is 0.357. The van der Waals surface area contributed by atoms with Crippen LogP contribution in [0.3, 0.4) is 0 Å². The Morgan fingerprint density at radius 2 is 2.41 bits per heavy atom. The van der Waals surface area contributed by atoms with Crippen LogP contribution in [0.15, 0.2) is 49.0 Å². The molecule has 1 heterocycles. The monoisotopic (exact) mass is 232 g/mol. The number of aromatic nitrogens is 2. The van der Waals surface area contributed by atoms with Crippen LogP contribution >= 0.6 is 0 Å². The molecule has 1 atom stereocenters. The summed E-state index contributed by atoms with van der Waals surface area (Å²) >= 11 is 0. The van der Waals surface area contributed by atoms with Gasteiger partial charge in [0.25, 0.3) is 0 Å². The number of imidazole rings is 1. The number of aryl methyl sites for hydroxylation is 1. The van der Waals surface area contributed by atoms with Crippen molar-refractivity contribution in [2.45, 2.75) is 19.9 Å². The Morgan fingerprint density at radius 3 is 2.94 bits per heavy atom. The molecule has 0 aromatic carbocycles. The van der Waals surface area contributed by atoms with E-state index in [0.29, 0.717) is 6.61 Å². The molecule has 1 aromatic rings. The van der Waals surface area contributed by atoms with Crippen molar-refractivity contribution in [1.29, 1.82) is 0 Å². The predicted molar refractivity (Wildman–Crippen MR) is 71.0 cm³/mol. The highest BCUT2D eigenvalue weighted by Crippen LogP contribution is 2.11. The first-order valence-electron chi connectivity index (χ1n) is 5.64. The maximum Gasteiger partial charge on any atom is 0.0957 e. The van der Waals surface area contributed by atoms with Crippen LogP contribution in [0.1, 0.15) is 18.7 Å². The summed E-state index contributed by atoms with van der Waals surface area (Å²) < 4.78 is 7.02. The van der Waals surface area contributed by atoms with E-state index in [-0.39, 0.29) is 6.04 Å². The third kappa shape index (κ3) is 4.41. The molecule has 0 amide bonds. The van der Waals surface area contributed by atoms with Gasteiger partial charge in [0.1, 0.15) is 0 Å². The van der Waals surface area contributed by atoms with Crippen molar-refractivity contribution in [1.82, 2.24) is 9.55 Å². The molecule has 1 unspecified atom stereocenters. The van der Waals surface area contributed by atoms with Gasteiger partial charge in [-0.3, -0.25) is 0 Å². The van der Waals surface area contributed by atoms with E-state index in [4.69, 9.17) is 4.74 Å². The molecular formula is C14H20N2O. The molecule has 0 fully saturated rings. The molecule has 0 aliphatic heterocycles. The van der Waals surface area contributed by atoms with Gasteiger partial charge in [-0.15, -0.1) is 6.58 Å². The molecule has 0 saturated heterocycles. The van der Waals surface area contributed by atoms with Crippen molar-refractivity contribution in [3.05, 3.63) is 54.7 Å². The van der Waals surface area contributed by atoms with E-state index in [1.54, 1.807) is 7.11 Å². The molecule has 0 radical (unpaired) electrons. The smallest absolute Gasteiger partial charge is 0.0957 e. The van der Waals surface area contributed by atoms with Crippen LogP contribution in [0.2, 0.25) is 0 Å². The minimum absolute atomic E-state index is 0.141. The first-order chi connectivity index (χ1) is 8.17. The van der Waals surface area contributed by atoms with Crippen LogP contribution in [0, 0.1) is 6.92 Å². The van der Waals surface area contributed by atoms with Gasteiger partial charge in [0.05, 0.1) is 24.7 Å². The molecule has 92 valence electrons. The van der Waals surface area contributed by atoms with E-state index in [1.807, 2.05) is 36.2 Å². The Balaban J connectivity index is 2.70. The molecular weight excluding hydrogens is 212 g/mol. The Hall–Kier alpha value is -1.61. The summed E-state index contributed by atoms with van der Waals surface area (Å²) in [6, 6.07) is 0.141. The van der Waals surface area contributed by atoms with Crippen LogP contribution in [0.4, 0.5) is 0 Å². The highest BCUT2D eigenvalue weighted by molar-refractivity contribution is 5.19. The largest absolute Gasteiger partial charge is 0.381 e. The maximum absolute atomic E-state index is 4.99. The van der Waals surface area contributed by atoms with Crippen LogP contribution in [-0.4, -0.2) is 23.3 Å². The van der Waals surface area contributed by atoms with Gasteiger partial charge in [-0.25, -0.2) is 4.98 Å². The lowest BCUT2D eigenvalue weighted by Crippen LogP contribution is -2.00. The first kappa shape index (κ1) is 13.5. The highest BCUT2D eigenvalue weighted by Gasteiger charge is 2.01. The summed E-state index contributed by atoms with van der Waals surface area (Å²) in [5, 5.41) is 0. The second-order valence-electron chi connectivity index (χ2n) is 3.95. The van der Waals surface area contributed by atoms with Gasteiger partial charge in [-0.2, -0.15) is 0 Å². The zero-order valence-corrected chi connectivity index (χ0v) is 10.8. The van der Waals surface area contributed by atoms with E-state index >= 15 is 0 Å². The zero-order valence-electron chi connectivity index (χ0n) is 10.8. The van der Waals surface area contributed by atoms with Crippen LogP contribution in [0.5, 0.6) is 0 Å². The second-order valence-corrected chi connectivity index (χ2v) is 3.95. The Labute approximate surface area is 103 Å². The minimum Gasteiger partial charge on any atom is -0.381 e. The number of methoxy groups -OCH3 is 1. The average Bonchev–Trinajstić information content (AvgIpc) is 2.74.